The molecular formula is C15H18O5. The number of fused-ring (bicyclic) bond motifs is 3. The van der Waals surface area contributed by atoms with Crippen molar-refractivity contribution >= 4 is 5.97 Å². The topological polar surface area (TPSA) is 87.0 Å². The Morgan fingerprint density at radius 1 is 1.35 bits per heavy atom. The molecule has 0 bridgehead atoms. The summed E-state index contributed by atoms with van der Waals surface area (Å²) in [7, 11) is 0. The lowest BCUT2D eigenvalue weighted by molar-refractivity contribution is -0.152. The van der Waals surface area contributed by atoms with Crippen molar-refractivity contribution in [2.24, 2.45) is 11.8 Å². The first kappa shape index (κ1) is 13.5. The molecule has 3 N–H and O–H groups in total. The molecule has 20 heavy (non-hydrogen) atoms. The molecule has 3 rings (SSSR count). The maximum absolute atomic E-state index is 11.7. The average Bonchev–Trinajstić information content (AvgIpc) is 2.72. The SMILES string of the molecule is C=C1C(=O)O[C@H]2[C@@H]1[C@@H](O)C=C(C)[C@]1(O)C=C[C@@](C)(O)[C@H]21. The van der Waals surface area contributed by atoms with Gasteiger partial charge in [0.2, 0.25) is 0 Å². The van der Waals surface area contributed by atoms with Crippen LogP contribution in [-0.2, 0) is 9.53 Å². The van der Waals surface area contributed by atoms with Gasteiger partial charge in [0.15, 0.2) is 0 Å². The molecule has 0 amide bonds. The number of aliphatic hydroxyl groups excluding tert-OH is 1. The fraction of sp³-hybridized carbons (Fsp3) is 0.533. The Morgan fingerprint density at radius 3 is 2.65 bits per heavy atom. The lowest BCUT2D eigenvalue weighted by Gasteiger charge is -2.39. The maximum Gasteiger partial charge on any atom is 0.334 e. The van der Waals surface area contributed by atoms with Crippen molar-refractivity contribution in [2.75, 3.05) is 0 Å². The zero-order chi connectivity index (χ0) is 14.9. The summed E-state index contributed by atoms with van der Waals surface area (Å²) in [4.78, 5) is 11.7. The molecule has 0 spiro atoms. The van der Waals surface area contributed by atoms with Crippen LogP contribution in [-0.4, -0.2) is 44.7 Å². The first-order chi connectivity index (χ1) is 9.18. The van der Waals surface area contributed by atoms with E-state index in [9.17, 15) is 20.1 Å². The van der Waals surface area contributed by atoms with E-state index in [0.29, 0.717) is 5.57 Å². The molecule has 0 aromatic carbocycles. The maximum atomic E-state index is 11.7. The quantitative estimate of drug-likeness (QED) is 0.332. The van der Waals surface area contributed by atoms with E-state index in [0.717, 1.165) is 0 Å². The van der Waals surface area contributed by atoms with Gasteiger partial charge in [-0.2, -0.15) is 0 Å². The summed E-state index contributed by atoms with van der Waals surface area (Å²) >= 11 is 0. The standard InChI is InChI=1S/C15H18O5/c1-7-6-9(16)10-8(2)13(17)20-11(10)12-14(3,18)4-5-15(7,12)19/h4-6,9-12,16,18-19H,2H2,1,3H3/t9-,10-,11-,12-,14+,15+/m0/s1. The minimum atomic E-state index is -1.44. The highest BCUT2D eigenvalue weighted by Gasteiger charge is 2.62. The Kier molecular flexibility index (Phi) is 2.58. The highest BCUT2D eigenvalue weighted by atomic mass is 16.6. The monoisotopic (exact) mass is 278 g/mol. The predicted octanol–water partition coefficient (Wildman–Crippen LogP) is 0.0731. The summed E-state index contributed by atoms with van der Waals surface area (Å²) in [5.74, 6) is -2.00. The lowest BCUT2D eigenvalue weighted by Crippen LogP contribution is -2.52. The molecule has 0 aromatic heterocycles. The molecule has 1 saturated heterocycles. The highest BCUT2D eigenvalue weighted by molar-refractivity contribution is 5.91. The summed E-state index contributed by atoms with van der Waals surface area (Å²) < 4.78 is 5.30. The van der Waals surface area contributed by atoms with Crippen molar-refractivity contribution < 1.29 is 24.9 Å². The third-order valence-electron chi connectivity index (χ3n) is 4.79. The molecule has 0 radical (unpaired) electrons. The van der Waals surface area contributed by atoms with Gasteiger partial charge in [0, 0.05) is 5.57 Å². The van der Waals surface area contributed by atoms with E-state index in [2.05, 4.69) is 6.58 Å². The van der Waals surface area contributed by atoms with Gasteiger partial charge in [-0.1, -0.05) is 18.7 Å². The van der Waals surface area contributed by atoms with Gasteiger partial charge < -0.3 is 20.1 Å². The van der Waals surface area contributed by atoms with Crippen LogP contribution in [0, 0.1) is 11.8 Å². The molecule has 6 atom stereocenters. The van der Waals surface area contributed by atoms with Crippen LogP contribution in [0.25, 0.3) is 0 Å². The lowest BCUT2D eigenvalue weighted by atomic mass is 9.73. The summed E-state index contributed by atoms with van der Waals surface area (Å²) in [6.45, 7) is 6.92. The van der Waals surface area contributed by atoms with Crippen LogP contribution in [0.5, 0.6) is 0 Å². The van der Waals surface area contributed by atoms with Crippen LogP contribution in [0.15, 0.2) is 36.0 Å². The fourth-order valence-corrected chi connectivity index (χ4v) is 3.68. The summed E-state index contributed by atoms with van der Waals surface area (Å²) in [5, 5.41) is 31.7. The van der Waals surface area contributed by atoms with E-state index in [1.54, 1.807) is 13.8 Å². The second kappa shape index (κ2) is 3.81. The number of hydrogen-bond donors (Lipinski definition) is 3. The molecule has 1 aliphatic heterocycles. The number of carbonyl (C=O) groups excluding carboxylic acids is 1. The summed E-state index contributed by atoms with van der Waals surface area (Å²) in [6, 6.07) is 0. The van der Waals surface area contributed by atoms with Gasteiger partial charge in [-0.25, -0.2) is 4.79 Å². The molecule has 5 nitrogen and oxygen atoms in total. The molecule has 1 heterocycles. The van der Waals surface area contributed by atoms with Crippen molar-refractivity contribution in [1.82, 2.24) is 0 Å². The molecule has 2 aliphatic carbocycles. The minimum Gasteiger partial charge on any atom is -0.458 e. The van der Waals surface area contributed by atoms with Crippen molar-refractivity contribution in [1.29, 1.82) is 0 Å². The molecule has 0 unspecified atom stereocenters. The summed E-state index contributed by atoms with van der Waals surface area (Å²) in [5.41, 5.74) is -2.06. The smallest absolute Gasteiger partial charge is 0.334 e. The van der Waals surface area contributed by atoms with Crippen LogP contribution in [0.4, 0.5) is 0 Å². The largest absolute Gasteiger partial charge is 0.458 e. The van der Waals surface area contributed by atoms with Gasteiger partial charge in [-0.05, 0) is 25.5 Å². The van der Waals surface area contributed by atoms with E-state index in [-0.39, 0.29) is 5.57 Å². The van der Waals surface area contributed by atoms with E-state index in [4.69, 9.17) is 4.74 Å². The second-order valence-corrected chi connectivity index (χ2v) is 6.12. The highest BCUT2D eigenvalue weighted by Crippen LogP contribution is 2.51. The molecular weight excluding hydrogens is 260 g/mol. The van der Waals surface area contributed by atoms with Crippen LogP contribution in [0.3, 0.4) is 0 Å². The van der Waals surface area contributed by atoms with E-state index >= 15 is 0 Å². The Balaban J connectivity index is 2.18. The first-order valence-electron chi connectivity index (χ1n) is 6.60. The van der Waals surface area contributed by atoms with Crippen LogP contribution < -0.4 is 0 Å². The van der Waals surface area contributed by atoms with Crippen molar-refractivity contribution in [3.05, 3.63) is 36.0 Å². The third kappa shape index (κ3) is 1.51. The van der Waals surface area contributed by atoms with Gasteiger partial charge >= 0.3 is 5.97 Å². The summed E-state index contributed by atoms with van der Waals surface area (Å²) in [6.07, 6.45) is 2.74. The second-order valence-electron chi connectivity index (χ2n) is 6.12. The number of rotatable bonds is 0. The Hall–Kier alpha value is -1.43. The molecule has 5 heteroatoms. The van der Waals surface area contributed by atoms with E-state index < -0.39 is 41.2 Å². The van der Waals surface area contributed by atoms with Gasteiger partial charge in [0.25, 0.3) is 0 Å². The number of aliphatic hydroxyl groups is 3. The molecule has 3 aliphatic rings. The number of hydrogen-bond acceptors (Lipinski definition) is 5. The average molecular weight is 278 g/mol. The Bertz CT molecular complexity index is 559. The van der Waals surface area contributed by atoms with E-state index in [1.165, 1.54) is 18.2 Å². The van der Waals surface area contributed by atoms with Crippen LogP contribution in [0.2, 0.25) is 0 Å². The van der Waals surface area contributed by atoms with Gasteiger partial charge in [0.05, 0.1) is 23.5 Å². The van der Waals surface area contributed by atoms with Gasteiger partial charge in [-0.3, -0.25) is 0 Å². The van der Waals surface area contributed by atoms with Crippen molar-refractivity contribution in [2.45, 2.75) is 37.3 Å². The van der Waals surface area contributed by atoms with E-state index in [1.807, 2.05) is 0 Å². The van der Waals surface area contributed by atoms with Crippen molar-refractivity contribution in [3.8, 4) is 0 Å². The minimum absolute atomic E-state index is 0.179. The number of carbonyl (C=O) groups is 1. The fourth-order valence-electron chi connectivity index (χ4n) is 3.68. The normalized spacial score (nSPS) is 50.4. The van der Waals surface area contributed by atoms with Crippen LogP contribution >= 0.6 is 0 Å². The third-order valence-corrected chi connectivity index (χ3v) is 4.79. The Morgan fingerprint density at radius 2 is 2.00 bits per heavy atom. The molecule has 0 saturated carbocycles. The predicted molar refractivity (Wildman–Crippen MR) is 70.5 cm³/mol. The van der Waals surface area contributed by atoms with Gasteiger partial charge in [-0.15, -0.1) is 0 Å². The zero-order valence-corrected chi connectivity index (χ0v) is 11.4. The van der Waals surface area contributed by atoms with Crippen LogP contribution in [0.1, 0.15) is 13.8 Å². The molecule has 0 aromatic rings. The Labute approximate surface area is 116 Å². The number of ether oxygens (including phenoxy) is 1. The zero-order valence-electron chi connectivity index (χ0n) is 11.4. The van der Waals surface area contributed by atoms with Gasteiger partial charge in [0.1, 0.15) is 11.7 Å². The van der Waals surface area contributed by atoms with Crippen molar-refractivity contribution in [3.63, 3.8) is 0 Å². The number of esters is 1. The molecule has 1 fully saturated rings. The first-order valence-corrected chi connectivity index (χ1v) is 6.60. The molecule has 108 valence electrons.